The lowest BCUT2D eigenvalue weighted by atomic mass is 9.96. The summed E-state index contributed by atoms with van der Waals surface area (Å²) >= 11 is 0. The van der Waals surface area contributed by atoms with Crippen molar-refractivity contribution in [2.75, 3.05) is 26.3 Å². The maximum Gasteiger partial charge on any atom is 0.245 e. The molecule has 1 aliphatic heterocycles. The topological polar surface area (TPSA) is 58.6 Å². The Morgan fingerprint density at radius 1 is 1.04 bits per heavy atom. The molecule has 1 aromatic carbocycles. The standard InChI is InChI=1S/C22H30N2O3/c25-21(17-6-8-18-15-19(18)9-7-17)23-20(14-16-4-2-1-3-5-16)22(26)24-10-12-27-13-11-24/h1-5,17-20H,6-15H2,(H,23,25). The first-order valence-electron chi connectivity index (χ1n) is 10.4. The van der Waals surface area contributed by atoms with Gasteiger partial charge in [0.15, 0.2) is 0 Å². The predicted molar refractivity (Wildman–Crippen MR) is 103 cm³/mol. The predicted octanol–water partition coefficient (Wildman–Crippen LogP) is 2.40. The minimum Gasteiger partial charge on any atom is -0.378 e. The third-order valence-corrected chi connectivity index (χ3v) is 6.43. The molecule has 3 unspecified atom stereocenters. The summed E-state index contributed by atoms with van der Waals surface area (Å²) in [6, 6.07) is 9.47. The maximum atomic E-state index is 13.1. The van der Waals surface area contributed by atoms with Crippen LogP contribution in [0.25, 0.3) is 0 Å². The van der Waals surface area contributed by atoms with Crippen LogP contribution < -0.4 is 5.32 Å². The van der Waals surface area contributed by atoms with Crippen LogP contribution in [0, 0.1) is 17.8 Å². The molecule has 1 N–H and O–H groups in total. The number of amides is 2. The molecule has 2 amide bonds. The van der Waals surface area contributed by atoms with Crippen LogP contribution >= 0.6 is 0 Å². The van der Waals surface area contributed by atoms with Crippen LogP contribution in [-0.4, -0.2) is 49.1 Å². The normalized spacial score (nSPS) is 28.6. The number of rotatable bonds is 5. The Morgan fingerprint density at radius 3 is 2.37 bits per heavy atom. The van der Waals surface area contributed by atoms with Crippen LogP contribution in [0.5, 0.6) is 0 Å². The zero-order valence-electron chi connectivity index (χ0n) is 15.9. The third-order valence-electron chi connectivity index (χ3n) is 6.43. The molecule has 146 valence electrons. The number of fused-ring (bicyclic) bond motifs is 1. The van der Waals surface area contributed by atoms with E-state index < -0.39 is 6.04 Å². The summed E-state index contributed by atoms with van der Waals surface area (Å²) in [4.78, 5) is 27.9. The minimum atomic E-state index is -0.490. The van der Waals surface area contributed by atoms with Gasteiger partial charge in [0.1, 0.15) is 6.04 Å². The molecule has 27 heavy (non-hydrogen) atoms. The number of carbonyl (C=O) groups excluding carboxylic acids is 2. The number of carbonyl (C=O) groups is 2. The van der Waals surface area contributed by atoms with E-state index in [0.29, 0.717) is 32.7 Å². The van der Waals surface area contributed by atoms with Gasteiger partial charge in [-0.1, -0.05) is 30.3 Å². The molecule has 2 saturated carbocycles. The average Bonchev–Trinajstić information content (AvgIpc) is 3.48. The van der Waals surface area contributed by atoms with E-state index in [9.17, 15) is 9.59 Å². The van der Waals surface area contributed by atoms with Crippen LogP contribution in [0.2, 0.25) is 0 Å². The molecule has 3 fully saturated rings. The lowest BCUT2D eigenvalue weighted by Gasteiger charge is -2.31. The Balaban J connectivity index is 1.42. The fraction of sp³-hybridized carbons (Fsp3) is 0.636. The van der Waals surface area contributed by atoms with Gasteiger partial charge in [0.25, 0.3) is 0 Å². The molecule has 0 spiro atoms. The van der Waals surface area contributed by atoms with Crippen LogP contribution in [0.1, 0.15) is 37.7 Å². The fourth-order valence-electron chi connectivity index (χ4n) is 4.60. The lowest BCUT2D eigenvalue weighted by Crippen LogP contribution is -2.53. The first-order chi connectivity index (χ1) is 13.2. The van der Waals surface area contributed by atoms with Crippen molar-refractivity contribution in [1.29, 1.82) is 0 Å². The summed E-state index contributed by atoms with van der Waals surface area (Å²) in [5, 5.41) is 3.12. The van der Waals surface area contributed by atoms with Crippen LogP contribution in [0.3, 0.4) is 0 Å². The molecular weight excluding hydrogens is 340 g/mol. The van der Waals surface area contributed by atoms with Gasteiger partial charge in [-0.15, -0.1) is 0 Å². The second-order valence-electron chi connectivity index (χ2n) is 8.30. The SMILES string of the molecule is O=C(NC(Cc1ccccc1)C(=O)N1CCOCC1)C1CCC2CC2CC1. The lowest BCUT2D eigenvalue weighted by molar-refractivity contribution is -0.140. The minimum absolute atomic E-state index is 0.0203. The van der Waals surface area contributed by atoms with E-state index in [1.165, 1.54) is 19.3 Å². The molecular formula is C22H30N2O3. The van der Waals surface area contributed by atoms with E-state index in [1.807, 2.05) is 35.2 Å². The Bertz CT molecular complexity index is 645. The number of morpholine rings is 1. The third kappa shape index (κ3) is 4.70. The van der Waals surface area contributed by atoms with E-state index >= 15 is 0 Å². The number of nitrogens with zero attached hydrogens (tertiary/aromatic N) is 1. The molecule has 5 heteroatoms. The van der Waals surface area contributed by atoms with Gasteiger partial charge in [-0.3, -0.25) is 9.59 Å². The molecule has 2 aliphatic carbocycles. The molecule has 3 atom stereocenters. The van der Waals surface area contributed by atoms with Crippen molar-refractivity contribution < 1.29 is 14.3 Å². The maximum absolute atomic E-state index is 13.1. The largest absolute Gasteiger partial charge is 0.378 e. The van der Waals surface area contributed by atoms with Gasteiger partial charge in [-0.2, -0.15) is 0 Å². The number of benzene rings is 1. The first-order valence-corrected chi connectivity index (χ1v) is 10.4. The second kappa shape index (κ2) is 8.42. The van der Waals surface area contributed by atoms with Gasteiger partial charge in [-0.25, -0.2) is 0 Å². The summed E-state index contributed by atoms with van der Waals surface area (Å²) in [5.74, 6) is 1.87. The van der Waals surface area contributed by atoms with Gasteiger partial charge in [0, 0.05) is 25.4 Å². The van der Waals surface area contributed by atoms with E-state index in [4.69, 9.17) is 4.74 Å². The van der Waals surface area contributed by atoms with Crippen molar-refractivity contribution in [3.05, 3.63) is 35.9 Å². The van der Waals surface area contributed by atoms with Crippen molar-refractivity contribution in [2.45, 2.75) is 44.6 Å². The molecule has 1 aromatic rings. The highest BCUT2D eigenvalue weighted by Gasteiger charge is 2.41. The number of ether oxygens (including phenoxy) is 1. The highest BCUT2D eigenvalue weighted by Crippen LogP contribution is 2.49. The van der Waals surface area contributed by atoms with Gasteiger partial charge >= 0.3 is 0 Å². The van der Waals surface area contributed by atoms with Gasteiger partial charge in [0.2, 0.25) is 11.8 Å². The van der Waals surface area contributed by atoms with Crippen molar-refractivity contribution in [3.8, 4) is 0 Å². The summed E-state index contributed by atoms with van der Waals surface area (Å²) in [5.41, 5.74) is 1.08. The average molecular weight is 370 g/mol. The number of nitrogens with one attached hydrogen (secondary N) is 1. The monoisotopic (exact) mass is 370 g/mol. The van der Waals surface area contributed by atoms with Gasteiger partial charge < -0.3 is 15.0 Å². The Labute approximate surface area is 161 Å². The van der Waals surface area contributed by atoms with Crippen LogP contribution in [0.15, 0.2) is 30.3 Å². The van der Waals surface area contributed by atoms with E-state index in [2.05, 4.69) is 5.32 Å². The summed E-state index contributed by atoms with van der Waals surface area (Å²) < 4.78 is 5.37. The molecule has 4 rings (SSSR count). The molecule has 0 radical (unpaired) electrons. The van der Waals surface area contributed by atoms with Crippen molar-refractivity contribution in [3.63, 3.8) is 0 Å². The Morgan fingerprint density at radius 2 is 1.70 bits per heavy atom. The zero-order chi connectivity index (χ0) is 18.6. The first kappa shape index (κ1) is 18.5. The van der Waals surface area contributed by atoms with Crippen molar-refractivity contribution >= 4 is 11.8 Å². The van der Waals surface area contributed by atoms with E-state index in [1.54, 1.807) is 0 Å². The molecule has 0 aromatic heterocycles. The van der Waals surface area contributed by atoms with E-state index in [-0.39, 0.29) is 17.7 Å². The van der Waals surface area contributed by atoms with Gasteiger partial charge in [0.05, 0.1) is 13.2 Å². The molecule has 0 bridgehead atoms. The van der Waals surface area contributed by atoms with Crippen molar-refractivity contribution in [2.24, 2.45) is 17.8 Å². The fourth-order valence-corrected chi connectivity index (χ4v) is 4.60. The number of hydrogen-bond acceptors (Lipinski definition) is 3. The van der Waals surface area contributed by atoms with Crippen molar-refractivity contribution in [1.82, 2.24) is 10.2 Å². The summed E-state index contributed by atoms with van der Waals surface area (Å²) in [7, 11) is 0. The highest BCUT2D eigenvalue weighted by atomic mass is 16.5. The van der Waals surface area contributed by atoms with E-state index in [0.717, 1.165) is 30.2 Å². The molecule has 3 aliphatic rings. The molecule has 5 nitrogen and oxygen atoms in total. The number of hydrogen-bond donors (Lipinski definition) is 1. The highest BCUT2D eigenvalue weighted by molar-refractivity contribution is 5.88. The van der Waals surface area contributed by atoms with Crippen LogP contribution in [0.4, 0.5) is 0 Å². The Kier molecular flexibility index (Phi) is 5.77. The van der Waals surface area contributed by atoms with Crippen LogP contribution in [-0.2, 0) is 20.7 Å². The quantitative estimate of drug-likeness (QED) is 0.866. The Hall–Kier alpha value is -1.88. The molecule has 1 heterocycles. The van der Waals surface area contributed by atoms with Gasteiger partial charge in [-0.05, 0) is 49.5 Å². The zero-order valence-corrected chi connectivity index (χ0v) is 15.9. The second-order valence-corrected chi connectivity index (χ2v) is 8.30. The summed E-state index contributed by atoms with van der Waals surface area (Å²) in [6.07, 6.45) is 6.18. The molecule has 1 saturated heterocycles. The summed E-state index contributed by atoms with van der Waals surface area (Å²) in [6.45, 7) is 2.35. The smallest absolute Gasteiger partial charge is 0.245 e.